The van der Waals surface area contributed by atoms with Gasteiger partial charge in [-0.05, 0) is 25.2 Å². The van der Waals surface area contributed by atoms with E-state index >= 15 is 0 Å². The molecule has 19 heavy (non-hydrogen) atoms. The molecule has 0 saturated carbocycles. The molecule has 106 valence electrons. The highest BCUT2D eigenvalue weighted by Crippen LogP contribution is 2.28. The van der Waals surface area contributed by atoms with Gasteiger partial charge in [0.05, 0.1) is 12.2 Å². The Morgan fingerprint density at radius 3 is 2.37 bits per heavy atom. The fourth-order valence-corrected chi connectivity index (χ4v) is 3.39. The van der Waals surface area contributed by atoms with Gasteiger partial charge in [-0.15, -0.1) is 0 Å². The van der Waals surface area contributed by atoms with Crippen molar-refractivity contribution < 1.29 is 19.4 Å². The van der Waals surface area contributed by atoms with E-state index in [9.17, 15) is 9.59 Å². The molecule has 0 aliphatic carbocycles. The first-order chi connectivity index (χ1) is 9.11. The molecule has 3 unspecified atom stereocenters. The van der Waals surface area contributed by atoms with Gasteiger partial charge in [0, 0.05) is 32.6 Å². The van der Waals surface area contributed by atoms with Crippen LogP contribution in [0.1, 0.15) is 25.7 Å². The van der Waals surface area contributed by atoms with E-state index in [2.05, 4.69) is 0 Å². The third-order valence-corrected chi connectivity index (χ3v) is 4.33. The Hall–Kier alpha value is -1.30. The van der Waals surface area contributed by atoms with Gasteiger partial charge in [0.15, 0.2) is 0 Å². The molecule has 6 nitrogen and oxygen atoms in total. The highest BCUT2D eigenvalue weighted by Gasteiger charge is 2.38. The summed E-state index contributed by atoms with van der Waals surface area (Å²) in [7, 11) is 0. The van der Waals surface area contributed by atoms with E-state index in [-0.39, 0.29) is 30.6 Å². The third kappa shape index (κ3) is 2.68. The summed E-state index contributed by atoms with van der Waals surface area (Å²) in [4.78, 5) is 26.8. The molecule has 0 aromatic rings. The molecule has 0 radical (unpaired) electrons. The van der Waals surface area contributed by atoms with Crippen LogP contribution in [-0.2, 0) is 9.53 Å². The fraction of sp³-hybridized carbons (Fsp3) is 0.846. The van der Waals surface area contributed by atoms with Crippen molar-refractivity contribution in [3.8, 4) is 0 Å². The van der Waals surface area contributed by atoms with E-state index in [1.54, 1.807) is 4.90 Å². The maximum absolute atomic E-state index is 12.4. The van der Waals surface area contributed by atoms with Crippen LogP contribution in [0.4, 0.5) is 4.79 Å². The highest BCUT2D eigenvalue weighted by atomic mass is 16.5. The summed E-state index contributed by atoms with van der Waals surface area (Å²) in [6.07, 6.45) is 3.49. The number of amides is 2. The molecule has 3 atom stereocenters. The van der Waals surface area contributed by atoms with Crippen molar-refractivity contribution in [2.45, 2.75) is 37.9 Å². The number of hydrogen-bond acceptors (Lipinski definition) is 3. The molecule has 1 N–H and O–H groups in total. The van der Waals surface area contributed by atoms with Crippen LogP contribution in [0.5, 0.6) is 0 Å². The van der Waals surface area contributed by atoms with E-state index in [0.29, 0.717) is 26.2 Å². The van der Waals surface area contributed by atoms with Crippen LogP contribution in [0.15, 0.2) is 0 Å². The van der Waals surface area contributed by atoms with Crippen molar-refractivity contribution in [3.05, 3.63) is 0 Å². The minimum atomic E-state index is -0.774. The molecular formula is C13H20N2O4. The second kappa shape index (κ2) is 5.00. The largest absolute Gasteiger partial charge is 0.481 e. The Bertz CT molecular complexity index is 375. The van der Waals surface area contributed by atoms with Crippen molar-refractivity contribution in [3.63, 3.8) is 0 Å². The number of morpholine rings is 1. The number of fused-ring (bicyclic) bond motifs is 2. The van der Waals surface area contributed by atoms with Crippen molar-refractivity contribution in [2.75, 3.05) is 26.2 Å². The van der Waals surface area contributed by atoms with E-state index in [1.807, 2.05) is 4.90 Å². The molecule has 6 heteroatoms. The minimum absolute atomic E-state index is 0.0630. The molecular weight excluding hydrogens is 248 g/mol. The zero-order valence-electron chi connectivity index (χ0n) is 11.0. The molecule has 2 bridgehead atoms. The minimum Gasteiger partial charge on any atom is -0.481 e. The van der Waals surface area contributed by atoms with Crippen LogP contribution in [0.3, 0.4) is 0 Å². The smallest absolute Gasteiger partial charge is 0.320 e. The van der Waals surface area contributed by atoms with Gasteiger partial charge >= 0.3 is 12.0 Å². The molecule has 0 aromatic heterocycles. The topological polar surface area (TPSA) is 70.1 Å². The average molecular weight is 268 g/mol. The number of carbonyl (C=O) groups is 2. The lowest BCUT2D eigenvalue weighted by Crippen LogP contribution is -2.50. The average Bonchev–Trinajstić information content (AvgIpc) is 2.95. The molecule has 3 aliphatic rings. The van der Waals surface area contributed by atoms with Gasteiger partial charge in [0.25, 0.3) is 0 Å². The summed E-state index contributed by atoms with van der Waals surface area (Å²) in [6.45, 7) is 2.64. The zero-order chi connectivity index (χ0) is 13.4. The third-order valence-electron chi connectivity index (χ3n) is 4.33. The summed E-state index contributed by atoms with van der Waals surface area (Å²) in [5.41, 5.74) is 0. The number of likely N-dealkylation sites (tertiary alicyclic amines) is 2. The molecule has 0 aromatic carbocycles. The Labute approximate surface area is 112 Å². The molecule has 3 rings (SSSR count). The van der Waals surface area contributed by atoms with Gasteiger partial charge < -0.3 is 19.6 Å². The fourth-order valence-electron chi connectivity index (χ4n) is 3.39. The predicted molar refractivity (Wildman–Crippen MR) is 66.8 cm³/mol. The quantitative estimate of drug-likeness (QED) is 0.803. The summed E-state index contributed by atoms with van der Waals surface area (Å²) < 4.78 is 5.72. The Balaban J connectivity index is 1.55. The Kier molecular flexibility index (Phi) is 3.35. The van der Waals surface area contributed by atoms with Gasteiger partial charge in [-0.25, -0.2) is 4.79 Å². The van der Waals surface area contributed by atoms with Crippen molar-refractivity contribution in [1.82, 2.24) is 9.80 Å². The number of ether oxygens (including phenoxy) is 1. The van der Waals surface area contributed by atoms with Gasteiger partial charge in [0.2, 0.25) is 0 Å². The molecule has 3 aliphatic heterocycles. The van der Waals surface area contributed by atoms with Crippen molar-refractivity contribution in [2.24, 2.45) is 5.92 Å². The first kappa shape index (κ1) is 12.7. The lowest BCUT2D eigenvalue weighted by Gasteiger charge is -2.34. The standard InChI is InChI=1S/C13H20N2O4/c16-12(17)5-9-3-4-14(6-9)13(18)15-7-10-1-2-11(8-15)19-10/h9-11H,1-8H2,(H,16,17). The number of urea groups is 1. The maximum atomic E-state index is 12.4. The normalized spacial score (nSPS) is 33.8. The van der Waals surface area contributed by atoms with E-state index in [0.717, 1.165) is 19.3 Å². The monoisotopic (exact) mass is 268 g/mol. The number of carboxylic acids is 1. The number of hydrogen-bond donors (Lipinski definition) is 1. The van der Waals surface area contributed by atoms with Crippen LogP contribution in [-0.4, -0.2) is 65.3 Å². The number of carboxylic acid groups (broad SMARTS) is 1. The first-order valence-corrected chi connectivity index (χ1v) is 7.03. The van der Waals surface area contributed by atoms with Crippen molar-refractivity contribution >= 4 is 12.0 Å². The number of rotatable bonds is 2. The van der Waals surface area contributed by atoms with Crippen LogP contribution < -0.4 is 0 Å². The van der Waals surface area contributed by atoms with Crippen LogP contribution in [0.2, 0.25) is 0 Å². The van der Waals surface area contributed by atoms with E-state index in [1.165, 1.54) is 0 Å². The second-order valence-electron chi connectivity index (χ2n) is 5.84. The van der Waals surface area contributed by atoms with Crippen LogP contribution in [0.25, 0.3) is 0 Å². The lowest BCUT2D eigenvalue weighted by atomic mass is 10.1. The first-order valence-electron chi connectivity index (χ1n) is 7.03. The van der Waals surface area contributed by atoms with Crippen LogP contribution >= 0.6 is 0 Å². The second-order valence-corrected chi connectivity index (χ2v) is 5.84. The molecule has 2 amide bonds. The molecule has 3 saturated heterocycles. The lowest BCUT2D eigenvalue weighted by molar-refractivity contribution is -0.138. The van der Waals surface area contributed by atoms with Gasteiger partial charge in [-0.3, -0.25) is 4.79 Å². The van der Waals surface area contributed by atoms with Crippen LogP contribution in [0, 0.1) is 5.92 Å². The molecule has 3 heterocycles. The number of aliphatic carboxylic acids is 1. The molecule has 0 spiro atoms. The highest BCUT2D eigenvalue weighted by molar-refractivity contribution is 5.75. The number of carbonyl (C=O) groups excluding carboxylic acids is 1. The maximum Gasteiger partial charge on any atom is 0.320 e. The summed E-state index contributed by atoms with van der Waals surface area (Å²) in [5.74, 6) is -0.664. The predicted octanol–water partition coefficient (Wildman–Crippen LogP) is 0.766. The van der Waals surface area contributed by atoms with Gasteiger partial charge in [-0.2, -0.15) is 0 Å². The van der Waals surface area contributed by atoms with E-state index < -0.39 is 5.97 Å². The summed E-state index contributed by atoms with van der Waals surface area (Å²) in [5, 5.41) is 8.79. The SMILES string of the molecule is O=C(O)CC1CCN(C(=O)N2CC3CCC(C2)O3)C1. The number of nitrogens with zero attached hydrogens (tertiary/aromatic N) is 2. The summed E-state index contributed by atoms with van der Waals surface area (Å²) >= 11 is 0. The van der Waals surface area contributed by atoms with Crippen molar-refractivity contribution in [1.29, 1.82) is 0 Å². The zero-order valence-corrected chi connectivity index (χ0v) is 11.0. The van der Waals surface area contributed by atoms with Gasteiger partial charge in [-0.1, -0.05) is 0 Å². The Morgan fingerprint density at radius 2 is 1.74 bits per heavy atom. The van der Waals surface area contributed by atoms with Gasteiger partial charge in [0.1, 0.15) is 0 Å². The Morgan fingerprint density at radius 1 is 1.05 bits per heavy atom. The summed E-state index contributed by atoms with van der Waals surface area (Å²) in [6, 6.07) is 0.0630. The van der Waals surface area contributed by atoms with E-state index in [4.69, 9.17) is 9.84 Å². The molecule has 3 fully saturated rings.